The Morgan fingerprint density at radius 3 is 2.63 bits per heavy atom. The topological polar surface area (TPSA) is 131 Å². The van der Waals surface area contributed by atoms with Gasteiger partial charge in [-0.25, -0.2) is 4.79 Å². The first-order valence-electron chi connectivity index (χ1n) is 7.37. The number of aliphatic carboxylic acids is 1. The van der Waals surface area contributed by atoms with Crippen LogP contribution in [0.5, 0.6) is 5.75 Å². The molecule has 0 amide bonds. The van der Waals surface area contributed by atoms with Crippen molar-refractivity contribution in [1.29, 1.82) is 5.26 Å². The number of rotatable bonds is 7. The van der Waals surface area contributed by atoms with E-state index in [1.807, 2.05) is 0 Å². The summed E-state index contributed by atoms with van der Waals surface area (Å²) in [6.07, 6.45) is 1.33. The lowest BCUT2D eigenvalue weighted by atomic mass is 10.0. The molecule has 0 saturated carbocycles. The molecule has 0 bridgehead atoms. The van der Waals surface area contributed by atoms with Crippen LogP contribution in [-0.2, 0) is 4.79 Å². The average Bonchev–Trinajstić information content (AvgIpc) is 2.64. The van der Waals surface area contributed by atoms with Gasteiger partial charge in [-0.2, -0.15) is 5.26 Å². The molecule has 0 aliphatic carbocycles. The number of ether oxygens (including phenoxy) is 1. The third kappa shape index (κ3) is 5.23. The van der Waals surface area contributed by atoms with Crippen LogP contribution in [0.15, 0.2) is 52.5 Å². The summed E-state index contributed by atoms with van der Waals surface area (Å²) in [7, 11) is 0. The Hall–Kier alpha value is -3.51. The van der Waals surface area contributed by atoms with E-state index in [1.54, 1.807) is 18.2 Å². The number of Topliss-reactive ketones (excluding diaryl/α,β-unsaturated/α-hetero) is 1. The summed E-state index contributed by atoms with van der Waals surface area (Å²) >= 11 is 3.23. The van der Waals surface area contributed by atoms with Crippen molar-refractivity contribution >= 4 is 39.4 Å². The molecule has 0 heterocycles. The van der Waals surface area contributed by atoms with Gasteiger partial charge in [-0.1, -0.05) is 18.2 Å². The molecule has 0 aliphatic heterocycles. The number of ketones is 1. The lowest BCUT2D eigenvalue weighted by molar-refractivity contribution is -0.384. The first-order valence-corrected chi connectivity index (χ1v) is 8.16. The fraction of sp³-hybridized carbons (Fsp3) is 0.0556. The molecule has 0 saturated heterocycles. The number of nitro benzene ring substituents is 1. The molecule has 8 nitrogen and oxygen atoms in total. The van der Waals surface area contributed by atoms with E-state index in [1.165, 1.54) is 30.3 Å². The number of non-ortho nitro benzene ring substituents is 1. The van der Waals surface area contributed by atoms with E-state index in [0.29, 0.717) is 10.0 Å². The molecule has 0 fully saturated rings. The second-order valence-corrected chi connectivity index (χ2v) is 6.03. The maximum atomic E-state index is 12.5. The minimum Gasteiger partial charge on any atom is -0.481 e. The van der Waals surface area contributed by atoms with Gasteiger partial charge >= 0.3 is 5.97 Å². The molecule has 27 heavy (non-hydrogen) atoms. The molecule has 0 aromatic heterocycles. The number of benzene rings is 2. The average molecular weight is 431 g/mol. The maximum absolute atomic E-state index is 12.5. The zero-order valence-electron chi connectivity index (χ0n) is 13.6. The highest BCUT2D eigenvalue weighted by Gasteiger charge is 2.16. The summed E-state index contributed by atoms with van der Waals surface area (Å²) in [4.78, 5) is 33.2. The molecule has 0 atom stereocenters. The smallest absolute Gasteiger partial charge is 0.341 e. The quantitative estimate of drug-likeness (QED) is 0.233. The number of hydrogen-bond acceptors (Lipinski definition) is 6. The summed E-state index contributed by atoms with van der Waals surface area (Å²) < 4.78 is 5.52. The van der Waals surface area contributed by atoms with Crippen LogP contribution in [-0.4, -0.2) is 28.4 Å². The molecule has 0 aliphatic rings. The molecule has 0 spiro atoms. The molecule has 9 heteroatoms. The Morgan fingerprint density at radius 1 is 1.30 bits per heavy atom. The van der Waals surface area contributed by atoms with Gasteiger partial charge in [0.2, 0.25) is 5.78 Å². The van der Waals surface area contributed by atoms with E-state index in [2.05, 4.69) is 15.9 Å². The molecular formula is C18H11BrN2O6. The van der Waals surface area contributed by atoms with Crippen molar-refractivity contribution in [2.24, 2.45) is 0 Å². The number of nitriles is 1. The number of nitrogens with zero attached hydrogens (tertiary/aromatic N) is 2. The minimum atomic E-state index is -1.12. The number of carboxylic acid groups (broad SMARTS) is 1. The largest absolute Gasteiger partial charge is 0.481 e. The number of halogens is 1. The first-order chi connectivity index (χ1) is 12.8. The molecular weight excluding hydrogens is 420 g/mol. The van der Waals surface area contributed by atoms with E-state index in [9.17, 15) is 25.0 Å². The van der Waals surface area contributed by atoms with Gasteiger partial charge in [0.15, 0.2) is 6.61 Å². The summed E-state index contributed by atoms with van der Waals surface area (Å²) in [6, 6.07) is 11.5. The fourth-order valence-corrected chi connectivity index (χ4v) is 2.61. The van der Waals surface area contributed by atoms with E-state index in [4.69, 9.17) is 9.84 Å². The van der Waals surface area contributed by atoms with E-state index in [-0.39, 0.29) is 22.6 Å². The van der Waals surface area contributed by atoms with Gasteiger partial charge in [-0.05, 0) is 39.7 Å². The first kappa shape index (κ1) is 19.8. The standard InChI is InChI=1S/C18H11BrN2O6/c19-15-7-11(4-5-16(15)27-10-17(22)23)6-13(9-20)18(24)12-2-1-3-14(8-12)21(25)26/h1-8H,10H2,(H,22,23). The number of carbonyl (C=O) groups excluding carboxylic acids is 1. The molecule has 2 aromatic rings. The van der Waals surface area contributed by atoms with Crippen LogP contribution in [0, 0.1) is 21.4 Å². The normalized spacial score (nSPS) is 10.7. The number of nitro groups is 1. The zero-order valence-corrected chi connectivity index (χ0v) is 15.2. The van der Waals surface area contributed by atoms with Crippen LogP contribution < -0.4 is 4.74 Å². The predicted molar refractivity (Wildman–Crippen MR) is 98.3 cm³/mol. The van der Waals surface area contributed by atoms with Crippen molar-refractivity contribution in [1.82, 2.24) is 0 Å². The third-order valence-corrected chi connectivity index (χ3v) is 3.92. The minimum absolute atomic E-state index is 0.0254. The number of hydrogen-bond donors (Lipinski definition) is 1. The SMILES string of the molecule is N#CC(=Cc1ccc(OCC(=O)O)c(Br)c1)C(=O)c1cccc([N+](=O)[O-])c1. The second-order valence-electron chi connectivity index (χ2n) is 5.18. The van der Waals surface area contributed by atoms with Crippen molar-refractivity contribution in [3.8, 4) is 11.8 Å². The Morgan fingerprint density at radius 2 is 2.04 bits per heavy atom. The fourth-order valence-electron chi connectivity index (χ4n) is 2.09. The maximum Gasteiger partial charge on any atom is 0.341 e. The summed E-state index contributed by atoms with van der Waals surface area (Å²) in [5.41, 5.74) is 0.0553. The van der Waals surface area contributed by atoms with E-state index >= 15 is 0 Å². The van der Waals surface area contributed by atoms with Crippen molar-refractivity contribution in [3.63, 3.8) is 0 Å². The van der Waals surface area contributed by atoms with E-state index in [0.717, 1.165) is 6.07 Å². The molecule has 0 unspecified atom stereocenters. The van der Waals surface area contributed by atoms with Gasteiger partial charge in [-0.15, -0.1) is 0 Å². The zero-order chi connectivity index (χ0) is 20.0. The van der Waals surface area contributed by atoms with Gasteiger partial charge in [0, 0.05) is 17.7 Å². The van der Waals surface area contributed by atoms with Crippen LogP contribution in [0.2, 0.25) is 0 Å². The highest BCUT2D eigenvalue weighted by Crippen LogP contribution is 2.27. The van der Waals surface area contributed by atoms with Crippen LogP contribution in [0.3, 0.4) is 0 Å². The Labute approximate surface area is 161 Å². The second kappa shape index (κ2) is 8.73. The number of carbonyl (C=O) groups is 2. The van der Waals surface area contributed by atoms with Crippen LogP contribution in [0.1, 0.15) is 15.9 Å². The lowest BCUT2D eigenvalue weighted by Crippen LogP contribution is -2.09. The van der Waals surface area contributed by atoms with Crippen LogP contribution >= 0.6 is 15.9 Å². The Kier molecular flexibility index (Phi) is 6.41. The molecule has 0 radical (unpaired) electrons. The molecule has 2 aromatic carbocycles. The molecule has 136 valence electrons. The summed E-state index contributed by atoms with van der Waals surface area (Å²) in [5.74, 6) is -1.48. The van der Waals surface area contributed by atoms with Gasteiger partial charge < -0.3 is 9.84 Å². The monoisotopic (exact) mass is 430 g/mol. The highest BCUT2D eigenvalue weighted by molar-refractivity contribution is 9.10. The Balaban J connectivity index is 2.30. The van der Waals surface area contributed by atoms with Crippen LogP contribution in [0.25, 0.3) is 6.08 Å². The van der Waals surface area contributed by atoms with Gasteiger partial charge in [0.1, 0.15) is 17.4 Å². The molecule has 2 rings (SSSR count). The predicted octanol–water partition coefficient (Wildman–Crippen LogP) is 3.61. The van der Waals surface area contributed by atoms with E-state index < -0.39 is 23.3 Å². The summed E-state index contributed by atoms with van der Waals surface area (Å²) in [6.45, 7) is -0.511. The van der Waals surface area contributed by atoms with Crippen molar-refractivity contribution in [2.75, 3.05) is 6.61 Å². The Bertz CT molecular complexity index is 994. The van der Waals surface area contributed by atoms with Gasteiger partial charge in [0.25, 0.3) is 5.69 Å². The molecule has 1 N–H and O–H groups in total. The van der Waals surface area contributed by atoms with Crippen molar-refractivity contribution in [2.45, 2.75) is 0 Å². The van der Waals surface area contributed by atoms with Gasteiger partial charge in [0.05, 0.1) is 9.40 Å². The van der Waals surface area contributed by atoms with Gasteiger partial charge in [-0.3, -0.25) is 14.9 Å². The number of allylic oxidation sites excluding steroid dienone is 1. The third-order valence-electron chi connectivity index (χ3n) is 3.30. The van der Waals surface area contributed by atoms with Crippen LogP contribution in [0.4, 0.5) is 5.69 Å². The van der Waals surface area contributed by atoms with Crippen molar-refractivity contribution in [3.05, 3.63) is 73.8 Å². The lowest BCUT2D eigenvalue weighted by Gasteiger charge is -2.06. The summed E-state index contributed by atoms with van der Waals surface area (Å²) in [5, 5.41) is 28.8. The van der Waals surface area contributed by atoms with Crippen molar-refractivity contribution < 1.29 is 24.4 Å². The highest BCUT2D eigenvalue weighted by atomic mass is 79.9. The number of carboxylic acids is 1.